The molecule has 1 aromatic heterocycles. The van der Waals surface area contributed by atoms with Crippen LogP contribution in [0.3, 0.4) is 0 Å². The van der Waals surface area contributed by atoms with E-state index in [2.05, 4.69) is 20.9 Å². The van der Waals surface area contributed by atoms with E-state index >= 15 is 0 Å². The molecule has 16 nitrogen and oxygen atoms in total. The van der Waals surface area contributed by atoms with Crippen LogP contribution in [0.4, 0.5) is 21.0 Å². The fraction of sp³-hybridized carbons (Fsp3) is 0.294. The van der Waals surface area contributed by atoms with E-state index in [-0.39, 0.29) is 28.4 Å². The highest BCUT2D eigenvalue weighted by atomic mass is 28.4. The van der Waals surface area contributed by atoms with Crippen molar-refractivity contribution in [2.75, 3.05) is 26.6 Å². The third-order valence-electron chi connectivity index (χ3n) is 8.29. The number of nitrogens with zero attached hydrogens (tertiary/aromatic N) is 4. The maximum absolute atomic E-state index is 14.3. The summed E-state index contributed by atoms with van der Waals surface area (Å²) < 4.78 is 18.9. The predicted molar refractivity (Wildman–Crippen MR) is 192 cm³/mol. The Bertz CT molecular complexity index is 2210. The molecule has 3 N–H and O–H groups in total. The summed E-state index contributed by atoms with van der Waals surface area (Å²) in [6.07, 6.45) is 1.82. The summed E-state index contributed by atoms with van der Waals surface area (Å²) in [5.41, 5.74) is -0.720. The molecular formula is C34H39N7O9Si. The average Bonchev–Trinajstić information content (AvgIpc) is 3.09. The molecule has 268 valence electrons. The summed E-state index contributed by atoms with van der Waals surface area (Å²) >= 11 is 0. The van der Waals surface area contributed by atoms with E-state index in [0.29, 0.717) is 23.1 Å². The zero-order chi connectivity index (χ0) is 37.6. The van der Waals surface area contributed by atoms with Crippen LogP contribution >= 0.6 is 0 Å². The monoisotopic (exact) mass is 717 g/mol. The third kappa shape index (κ3) is 7.72. The minimum Gasteiger partial charge on any atom is -0.376 e. The van der Waals surface area contributed by atoms with E-state index < -0.39 is 43.6 Å². The van der Waals surface area contributed by atoms with Gasteiger partial charge in [0.2, 0.25) is 6.08 Å². The van der Waals surface area contributed by atoms with Crippen LogP contribution in [0.25, 0.3) is 17.1 Å². The number of hydrogen-bond donors (Lipinski definition) is 3. The highest BCUT2D eigenvalue weighted by Crippen LogP contribution is 2.22. The number of amides is 4. The number of rotatable bonds is 11. The van der Waals surface area contributed by atoms with Gasteiger partial charge in [-0.1, -0.05) is 31.2 Å². The van der Waals surface area contributed by atoms with E-state index in [9.17, 15) is 28.8 Å². The smallest absolute Gasteiger partial charge is 0.376 e. The Kier molecular flexibility index (Phi) is 11.9. The quantitative estimate of drug-likeness (QED) is 0.119. The first-order chi connectivity index (χ1) is 24.2. The lowest BCUT2D eigenvalue weighted by Crippen LogP contribution is -2.63. The van der Waals surface area contributed by atoms with Crippen molar-refractivity contribution in [1.29, 1.82) is 0 Å². The van der Waals surface area contributed by atoms with Gasteiger partial charge in [-0.25, -0.2) is 42.5 Å². The van der Waals surface area contributed by atoms with Gasteiger partial charge in [0.15, 0.2) is 0 Å². The molecule has 17 heteroatoms. The van der Waals surface area contributed by atoms with Crippen LogP contribution < -0.4 is 33.0 Å². The molecule has 51 heavy (non-hydrogen) atoms. The van der Waals surface area contributed by atoms with Crippen molar-refractivity contribution >= 4 is 38.3 Å². The SMILES string of the molecule is CCC(NC(=O)NC(=O)Nc1ccc(C)c(-n2c(=O)n(-c3cc(C)ccc3C)c(=O)n(-c3cc(N=C=O)ccc3C)c2=O)c1)[Si](OC)(OC)OC. The van der Waals surface area contributed by atoms with Gasteiger partial charge in [-0.15, -0.1) is 0 Å². The molecule has 1 atom stereocenters. The standard InChI is InChI=1S/C34H39N7O9Si/c1-9-29(51(48-6,49-7)50-8)37-31(44)38-30(43)36-25-15-13-23(5)28(18-25)41-33(46)39(26-16-20(2)10-11-21(26)3)32(45)40(34(41)47)27-17-24(35-19-42)14-12-22(27)4/h10-18,29H,9H2,1-8H3,(H3,36,37,38,43,44). The van der Waals surface area contributed by atoms with Gasteiger partial charge in [0.05, 0.1) is 22.7 Å². The zero-order valence-corrected chi connectivity index (χ0v) is 30.4. The van der Waals surface area contributed by atoms with Gasteiger partial charge >= 0.3 is 37.9 Å². The topological polar surface area (TPSA) is 193 Å². The zero-order valence-electron chi connectivity index (χ0n) is 29.4. The first-order valence-electron chi connectivity index (χ1n) is 15.7. The number of isocyanates is 1. The van der Waals surface area contributed by atoms with E-state index in [4.69, 9.17) is 13.3 Å². The van der Waals surface area contributed by atoms with Crippen LogP contribution in [0.15, 0.2) is 74.0 Å². The second kappa shape index (κ2) is 15.9. The molecule has 0 radical (unpaired) electrons. The lowest BCUT2D eigenvalue weighted by molar-refractivity contribution is 0.107. The molecule has 1 heterocycles. The number of aromatic nitrogens is 3. The van der Waals surface area contributed by atoms with Crippen LogP contribution in [-0.4, -0.2) is 67.6 Å². The van der Waals surface area contributed by atoms with Gasteiger partial charge in [0.25, 0.3) is 0 Å². The highest BCUT2D eigenvalue weighted by Gasteiger charge is 2.47. The predicted octanol–water partition coefficient (Wildman–Crippen LogP) is 3.37. The van der Waals surface area contributed by atoms with Crippen molar-refractivity contribution in [1.82, 2.24) is 24.3 Å². The van der Waals surface area contributed by atoms with Crippen molar-refractivity contribution < 1.29 is 27.7 Å². The molecule has 3 aromatic carbocycles. The Balaban J connectivity index is 1.85. The molecule has 0 aliphatic carbocycles. The van der Waals surface area contributed by atoms with Crippen molar-refractivity contribution in [2.24, 2.45) is 4.99 Å². The van der Waals surface area contributed by atoms with E-state index in [1.54, 1.807) is 58.9 Å². The van der Waals surface area contributed by atoms with Crippen molar-refractivity contribution in [3.8, 4) is 17.1 Å². The summed E-state index contributed by atoms with van der Waals surface area (Å²) in [4.78, 5) is 83.2. The number of carbonyl (C=O) groups is 2. The van der Waals surface area contributed by atoms with Crippen LogP contribution in [0, 0.1) is 27.7 Å². The molecule has 4 rings (SSSR count). The molecule has 0 saturated heterocycles. The van der Waals surface area contributed by atoms with Crippen molar-refractivity contribution in [2.45, 2.75) is 46.7 Å². The summed E-state index contributed by atoms with van der Waals surface area (Å²) in [7, 11) is 0.911. The summed E-state index contributed by atoms with van der Waals surface area (Å²) in [6, 6.07) is 12.3. The molecule has 1 unspecified atom stereocenters. The first-order valence-corrected chi connectivity index (χ1v) is 17.5. The molecule has 4 aromatic rings. The minimum absolute atomic E-state index is 0.0434. The second-order valence-corrected chi connectivity index (χ2v) is 14.7. The molecule has 0 spiro atoms. The highest BCUT2D eigenvalue weighted by molar-refractivity contribution is 6.62. The maximum atomic E-state index is 14.3. The van der Waals surface area contributed by atoms with Gasteiger partial charge in [0, 0.05) is 27.0 Å². The minimum atomic E-state index is -3.29. The summed E-state index contributed by atoms with van der Waals surface area (Å²) in [5, 5.41) is 7.35. The number of anilines is 1. The molecule has 0 aliphatic rings. The molecule has 4 amide bonds. The number of aliphatic imine (C=N–C) groups is 1. The molecular weight excluding hydrogens is 679 g/mol. The van der Waals surface area contributed by atoms with E-state index in [1.165, 1.54) is 51.7 Å². The Labute approximate surface area is 293 Å². The number of carbonyl (C=O) groups excluding carboxylic acids is 3. The lowest BCUT2D eigenvalue weighted by atomic mass is 10.1. The molecule has 0 bridgehead atoms. The lowest BCUT2D eigenvalue weighted by Gasteiger charge is -2.32. The normalized spacial score (nSPS) is 11.8. The second-order valence-electron chi connectivity index (χ2n) is 11.5. The number of benzene rings is 3. The Morgan fingerprint density at radius 1 is 0.745 bits per heavy atom. The van der Waals surface area contributed by atoms with Crippen LogP contribution in [0.1, 0.15) is 35.6 Å². The fourth-order valence-electron chi connectivity index (χ4n) is 5.59. The van der Waals surface area contributed by atoms with Crippen molar-refractivity contribution in [3.63, 3.8) is 0 Å². The van der Waals surface area contributed by atoms with Gasteiger partial charge in [0.1, 0.15) is 5.67 Å². The third-order valence-corrected chi connectivity index (χ3v) is 11.4. The van der Waals surface area contributed by atoms with Gasteiger partial charge < -0.3 is 23.9 Å². The Morgan fingerprint density at radius 3 is 1.75 bits per heavy atom. The number of urea groups is 2. The van der Waals surface area contributed by atoms with Gasteiger partial charge in [-0.3, -0.25) is 5.32 Å². The average molecular weight is 718 g/mol. The van der Waals surface area contributed by atoms with Crippen LogP contribution in [0.2, 0.25) is 0 Å². The molecule has 0 fully saturated rings. The molecule has 0 aliphatic heterocycles. The van der Waals surface area contributed by atoms with Crippen LogP contribution in [-0.2, 0) is 18.1 Å². The van der Waals surface area contributed by atoms with Gasteiger partial charge in [-0.2, -0.15) is 4.99 Å². The number of nitrogens with one attached hydrogen (secondary N) is 3. The van der Waals surface area contributed by atoms with E-state index in [1.807, 2.05) is 6.07 Å². The summed E-state index contributed by atoms with van der Waals surface area (Å²) in [6.45, 7) is 8.60. The maximum Gasteiger partial charge on any atom is 0.523 e. The van der Waals surface area contributed by atoms with Crippen molar-refractivity contribution in [3.05, 3.63) is 108 Å². The Hall–Kier alpha value is -5.71. The largest absolute Gasteiger partial charge is 0.523 e. The Morgan fingerprint density at radius 2 is 1.24 bits per heavy atom. The van der Waals surface area contributed by atoms with E-state index in [0.717, 1.165) is 19.3 Å². The van der Waals surface area contributed by atoms with Gasteiger partial charge in [-0.05, 0) is 86.7 Å². The summed E-state index contributed by atoms with van der Waals surface area (Å²) in [5.74, 6) is 0. The number of aryl methyl sites for hydroxylation is 4. The number of hydrogen-bond acceptors (Lipinski definition) is 10. The first kappa shape index (κ1) is 38.1. The van der Waals surface area contributed by atoms with Crippen LogP contribution in [0.5, 0.6) is 0 Å². The molecule has 0 saturated carbocycles. The fourth-order valence-corrected chi connectivity index (χ4v) is 7.75. The number of imide groups is 1.